The Balaban J connectivity index is 1.53. The van der Waals surface area contributed by atoms with Gasteiger partial charge >= 0.3 is 0 Å². The minimum atomic E-state index is 0.807. The number of hydrogen-bond donors (Lipinski definition) is 1. The molecule has 1 nitrogen and oxygen atoms in total. The van der Waals surface area contributed by atoms with Crippen LogP contribution in [0.3, 0.4) is 0 Å². The number of rotatable bonds is 4. The zero-order valence-corrected chi connectivity index (χ0v) is 12.8. The molecule has 0 saturated heterocycles. The van der Waals surface area contributed by atoms with Crippen LogP contribution in [0.5, 0.6) is 0 Å². The fourth-order valence-electron chi connectivity index (χ4n) is 7.11. The summed E-state index contributed by atoms with van der Waals surface area (Å²) in [4.78, 5) is 0. The minimum Gasteiger partial charge on any atom is -0.314 e. The number of hydrogen-bond acceptors (Lipinski definition) is 1. The monoisotopic (exact) mass is 261 g/mol. The van der Waals surface area contributed by atoms with Crippen molar-refractivity contribution >= 4 is 0 Å². The van der Waals surface area contributed by atoms with Crippen molar-refractivity contribution in [2.24, 2.45) is 35.0 Å². The van der Waals surface area contributed by atoms with E-state index in [9.17, 15) is 0 Å². The molecule has 5 saturated carbocycles. The zero-order chi connectivity index (χ0) is 13.0. The molecule has 0 aliphatic heterocycles. The Hall–Kier alpha value is -0.0400. The third-order valence-corrected chi connectivity index (χ3v) is 7.35. The Morgan fingerprint density at radius 3 is 1.95 bits per heavy atom. The highest BCUT2D eigenvalue weighted by Gasteiger charge is 2.58. The van der Waals surface area contributed by atoms with Crippen LogP contribution in [0.25, 0.3) is 0 Å². The highest BCUT2D eigenvalue weighted by molar-refractivity contribution is 5.10. The molecule has 5 aliphatic carbocycles. The Morgan fingerprint density at radius 2 is 1.47 bits per heavy atom. The predicted octanol–water partition coefficient (Wildman–Crippen LogP) is 4.23. The molecule has 108 valence electrons. The molecule has 0 aromatic rings. The van der Waals surface area contributed by atoms with E-state index >= 15 is 0 Å². The van der Waals surface area contributed by atoms with Gasteiger partial charge in [-0.3, -0.25) is 0 Å². The second-order valence-corrected chi connectivity index (χ2v) is 8.36. The van der Waals surface area contributed by atoms with Gasteiger partial charge in [-0.1, -0.05) is 20.3 Å². The SMILES string of the molecule is CCNC1CC(C23CC4CC(CC(C4)C2)C3)C1CC. The van der Waals surface area contributed by atoms with Gasteiger partial charge in [0, 0.05) is 6.04 Å². The molecule has 0 spiro atoms. The summed E-state index contributed by atoms with van der Waals surface area (Å²) in [5.41, 5.74) is 0.807. The second-order valence-electron chi connectivity index (χ2n) is 8.36. The standard InChI is InChI=1S/C18H31N/c1-3-15-16(8-17(15)19-4-2)18-9-12-5-13(10-18)7-14(6-12)11-18/h12-17,19H,3-11H2,1-2H3. The molecule has 0 aromatic heterocycles. The van der Waals surface area contributed by atoms with E-state index in [-0.39, 0.29) is 0 Å². The van der Waals surface area contributed by atoms with Crippen molar-refractivity contribution in [3.63, 3.8) is 0 Å². The van der Waals surface area contributed by atoms with Gasteiger partial charge in [0.25, 0.3) is 0 Å². The van der Waals surface area contributed by atoms with E-state index < -0.39 is 0 Å². The summed E-state index contributed by atoms with van der Waals surface area (Å²) in [5.74, 6) is 5.46. The fourth-order valence-corrected chi connectivity index (χ4v) is 7.11. The van der Waals surface area contributed by atoms with E-state index in [2.05, 4.69) is 19.2 Å². The van der Waals surface area contributed by atoms with Gasteiger partial charge in [0.2, 0.25) is 0 Å². The van der Waals surface area contributed by atoms with Crippen LogP contribution in [0, 0.1) is 35.0 Å². The molecule has 5 aliphatic rings. The molecule has 5 fully saturated rings. The molecule has 0 aromatic carbocycles. The molecular weight excluding hydrogens is 230 g/mol. The third-order valence-electron chi connectivity index (χ3n) is 7.35. The summed E-state index contributed by atoms with van der Waals surface area (Å²) in [7, 11) is 0. The van der Waals surface area contributed by atoms with Crippen LogP contribution in [-0.4, -0.2) is 12.6 Å². The first-order chi connectivity index (χ1) is 9.24. The molecular formula is C18H31N. The van der Waals surface area contributed by atoms with Crippen molar-refractivity contribution in [1.29, 1.82) is 0 Å². The van der Waals surface area contributed by atoms with E-state index in [1.54, 1.807) is 38.5 Å². The van der Waals surface area contributed by atoms with Crippen LogP contribution in [0.4, 0.5) is 0 Å². The van der Waals surface area contributed by atoms with Gasteiger partial charge < -0.3 is 5.32 Å². The normalized spacial score (nSPS) is 55.3. The maximum atomic E-state index is 3.75. The Labute approximate surface area is 118 Å². The first kappa shape index (κ1) is 12.7. The van der Waals surface area contributed by atoms with Gasteiger partial charge in [0.1, 0.15) is 0 Å². The van der Waals surface area contributed by atoms with Crippen molar-refractivity contribution < 1.29 is 0 Å². The minimum absolute atomic E-state index is 0.807. The lowest BCUT2D eigenvalue weighted by atomic mass is 9.41. The largest absolute Gasteiger partial charge is 0.314 e. The van der Waals surface area contributed by atoms with E-state index in [1.165, 1.54) is 12.8 Å². The summed E-state index contributed by atoms with van der Waals surface area (Å²) < 4.78 is 0. The summed E-state index contributed by atoms with van der Waals surface area (Å²) in [6, 6.07) is 0.855. The van der Waals surface area contributed by atoms with Gasteiger partial charge in [-0.05, 0) is 86.5 Å². The van der Waals surface area contributed by atoms with E-state index in [4.69, 9.17) is 0 Å². The molecule has 1 N–H and O–H groups in total. The molecule has 0 amide bonds. The third kappa shape index (κ3) is 1.83. The van der Waals surface area contributed by atoms with Crippen molar-refractivity contribution in [3.8, 4) is 0 Å². The smallest absolute Gasteiger partial charge is 0.0101 e. The molecule has 5 rings (SSSR count). The summed E-state index contributed by atoms with van der Waals surface area (Å²) >= 11 is 0. The first-order valence-electron chi connectivity index (χ1n) is 8.97. The maximum Gasteiger partial charge on any atom is 0.0101 e. The highest BCUT2D eigenvalue weighted by Crippen LogP contribution is 2.66. The molecule has 3 unspecified atom stereocenters. The Kier molecular flexibility index (Phi) is 2.99. The van der Waals surface area contributed by atoms with Crippen LogP contribution in [0.2, 0.25) is 0 Å². The summed E-state index contributed by atoms with van der Waals surface area (Å²) in [6.45, 7) is 5.86. The zero-order valence-electron chi connectivity index (χ0n) is 12.8. The fraction of sp³-hybridized carbons (Fsp3) is 1.00. The van der Waals surface area contributed by atoms with Crippen molar-refractivity contribution in [1.82, 2.24) is 5.32 Å². The van der Waals surface area contributed by atoms with Crippen LogP contribution in [-0.2, 0) is 0 Å². The lowest BCUT2D eigenvalue weighted by Crippen LogP contribution is -2.60. The predicted molar refractivity (Wildman–Crippen MR) is 80.0 cm³/mol. The summed E-state index contributed by atoms with van der Waals surface area (Å²) in [5, 5.41) is 3.75. The van der Waals surface area contributed by atoms with Crippen molar-refractivity contribution in [2.75, 3.05) is 6.54 Å². The second kappa shape index (κ2) is 4.48. The Bertz CT molecular complexity index is 312. The maximum absolute atomic E-state index is 3.75. The quantitative estimate of drug-likeness (QED) is 0.798. The van der Waals surface area contributed by atoms with Gasteiger partial charge in [0.15, 0.2) is 0 Å². The van der Waals surface area contributed by atoms with Crippen molar-refractivity contribution in [2.45, 2.75) is 71.3 Å². The molecule has 3 atom stereocenters. The van der Waals surface area contributed by atoms with Crippen LogP contribution in [0.15, 0.2) is 0 Å². The van der Waals surface area contributed by atoms with Gasteiger partial charge in [0.05, 0.1) is 0 Å². The van der Waals surface area contributed by atoms with Crippen molar-refractivity contribution in [3.05, 3.63) is 0 Å². The van der Waals surface area contributed by atoms with E-state index in [0.717, 1.165) is 47.6 Å². The lowest BCUT2D eigenvalue weighted by Gasteiger charge is -2.65. The summed E-state index contributed by atoms with van der Waals surface area (Å²) in [6.07, 6.45) is 12.5. The highest BCUT2D eigenvalue weighted by atomic mass is 14.9. The Morgan fingerprint density at radius 1 is 0.895 bits per heavy atom. The lowest BCUT2D eigenvalue weighted by molar-refractivity contribution is -0.137. The number of nitrogens with one attached hydrogen (secondary N) is 1. The van der Waals surface area contributed by atoms with Crippen LogP contribution < -0.4 is 5.32 Å². The van der Waals surface area contributed by atoms with Gasteiger partial charge in [-0.25, -0.2) is 0 Å². The molecule has 19 heavy (non-hydrogen) atoms. The topological polar surface area (TPSA) is 12.0 Å². The average molecular weight is 261 g/mol. The molecule has 4 bridgehead atoms. The molecule has 0 radical (unpaired) electrons. The van der Waals surface area contributed by atoms with Gasteiger partial charge in [-0.15, -0.1) is 0 Å². The van der Waals surface area contributed by atoms with Gasteiger partial charge in [-0.2, -0.15) is 0 Å². The molecule has 1 heteroatoms. The van der Waals surface area contributed by atoms with E-state index in [0.29, 0.717) is 0 Å². The van der Waals surface area contributed by atoms with Crippen LogP contribution >= 0.6 is 0 Å². The first-order valence-corrected chi connectivity index (χ1v) is 8.97. The average Bonchev–Trinajstić information content (AvgIpc) is 2.32. The molecule has 0 heterocycles. The van der Waals surface area contributed by atoms with Crippen LogP contribution in [0.1, 0.15) is 65.2 Å². The van der Waals surface area contributed by atoms with E-state index in [1.807, 2.05) is 0 Å².